The van der Waals surface area contributed by atoms with E-state index in [0.717, 1.165) is 19.3 Å². The van der Waals surface area contributed by atoms with Gasteiger partial charge in [0.15, 0.2) is 0 Å². The second kappa shape index (κ2) is 5.91. The van der Waals surface area contributed by atoms with Gasteiger partial charge in [0, 0.05) is 11.8 Å². The first-order chi connectivity index (χ1) is 4.35. The van der Waals surface area contributed by atoms with Gasteiger partial charge in [-0.1, -0.05) is 6.92 Å². The topological polar surface area (TPSA) is 23.8 Å². The zero-order chi connectivity index (χ0) is 7.11. The fraction of sp³-hybridized carbons (Fsp3) is 0.857. The quantitative estimate of drug-likeness (QED) is 0.558. The number of hydrogen-bond acceptors (Lipinski definition) is 1. The zero-order valence-electron chi connectivity index (χ0n) is 5.73. The highest BCUT2D eigenvalue weighted by molar-refractivity contribution is 6.17. The molecule has 9 heavy (non-hydrogen) atoms. The summed E-state index contributed by atoms with van der Waals surface area (Å²) >= 11 is 5.45. The van der Waals surface area contributed by atoms with E-state index in [-0.39, 0.29) is 5.92 Å². The van der Waals surface area contributed by atoms with Gasteiger partial charge in [-0.15, -0.1) is 11.6 Å². The SMILES string of the molecule is CCC(C#N)CCCCl. The van der Waals surface area contributed by atoms with Crippen LogP contribution in [0.4, 0.5) is 0 Å². The lowest BCUT2D eigenvalue weighted by atomic mass is 10.0. The van der Waals surface area contributed by atoms with Crippen LogP contribution in [0, 0.1) is 17.2 Å². The van der Waals surface area contributed by atoms with Gasteiger partial charge in [-0.3, -0.25) is 0 Å². The van der Waals surface area contributed by atoms with Gasteiger partial charge >= 0.3 is 0 Å². The van der Waals surface area contributed by atoms with Crippen molar-refractivity contribution in [1.29, 1.82) is 5.26 Å². The number of nitrogens with zero attached hydrogens (tertiary/aromatic N) is 1. The second-order valence-electron chi connectivity index (χ2n) is 2.07. The molecule has 0 spiro atoms. The molecule has 0 aliphatic carbocycles. The van der Waals surface area contributed by atoms with E-state index in [4.69, 9.17) is 16.9 Å². The Balaban J connectivity index is 3.23. The monoisotopic (exact) mass is 145 g/mol. The Hall–Kier alpha value is -0.220. The molecule has 0 saturated heterocycles. The largest absolute Gasteiger partial charge is 0.198 e. The minimum atomic E-state index is 0.226. The summed E-state index contributed by atoms with van der Waals surface area (Å²) in [6.07, 6.45) is 2.87. The zero-order valence-corrected chi connectivity index (χ0v) is 6.49. The van der Waals surface area contributed by atoms with Crippen LogP contribution >= 0.6 is 11.6 Å². The smallest absolute Gasteiger partial charge is 0.0655 e. The second-order valence-corrected chi connectivity index (χ2v) is 2.44. The van der Waals surface area contributed by atoms with Gasteiger partial charge in [0.1, 0.15) is 0 Å². The van der Waals surface area contributed by atoms with E-state index < -0.39 is 0 Å². The van der Waals surface area contributed by atoms with Crippen molar-refractivity contribution in [3.63, 3.8) is 0 Å². The van der Waals surface area contributed by atoms with E-state index in [9.17, 15) is 0 Å². The lowest BCUT2D eigenvalue weighted by molar-refractivity contribution is 0.577. The Morgan fingerprint density at radius 2 is 2.33 bits per heavy atom. The van der Waals surface area contributed by atoms with Gasteiger partial charge in [-0.2, -0.15) is 5.26 Å². The van der Waals surface area contributed by atoms with Gasteiger partial charge in [0.2, 0.25) is 0 Å². The molecule has 52 valence electrons. The molecule has 0 rings (SSSR count). The normalized spacial score (nSPS) is 12.6. The third kappa shape index (κ3) is 4.29. The predicted molar refractivity (Wildman–Crippen MR) is 39.3 cm³/mol. The standard InChI is InChI=1S/C7H12ClN/c1-2-7(6-9)4-3-5-8/h7H,2-5H2,1H3. The first kappa shape index (κ1) is 8.78. The summed E-state index contributed by atoms with van der Waals surface area (Å²) in [7, 11) is 0. The summed E-state index contributed by atoms with van der Waals surface area (Å²) in [5.74, 6) is 0.904. The van der Waals surface area contributed by atoms with Crippen LogP contribution in [0.2, 0.25) is 0 Å². The molecule has 1 nitrogen and oxygen atoms in total. The molecule has 0 radical (unpaired) electrons. The van der Waals surface area contributed by atoms with Crippen LogP contribution in [0.1, 0.15) is 26.2 Å². The molecule has 0 aromatic heterocycles. The molecule has 0 amide bonds. The van der Waals surface area contributed by atoms with Crippen molar-refractivity contribution < 1.29 is 0 Å². The number of alkyl halides is 1. The molecule has 0 heterocycles. The van der Waals surface area contributed by atoms with Crippen molar-refractivity contribution in [2.45, 2.75) is 26.2 Å². The average Bonchev–Trinajstić information content (AvgIpc) is 1.91. The molecule has 0 N–H and O–H groups in total. The van der Waals surface area contributed by atoms with Crippen molar-refractivity contribution in [2.24, 2.45) is 5.92 Å². The molecular weight excluding hydrogens is 134 g/mol. The average molecular weight is 146 g/mol. The molecule has 1 unspecified atom stereocenters. The molecule has 0 fully saturated rings. The number of hydrogen-bond donors (Lipinski definition) is 0. The highest BCUT2D eigenvalue weighted by Gasteiger charge is 2.01. The molecule has 0 bridgehead atoms. The third-order valence-corrected chi connectivity index (χ3v) is 1.63. The van der Waals surface area contributed by atoms with Crippen LogP contribution in [0.5, 0.6) is 0 Å². The lowest BCUT2D eigenvalue weighted by Gasteiger charge is -2.01. The first-order valence-electron chi connectivity index (χ1n) is 3.30. The Morgan fingerprint density at radius 3 is 2.67 bits per heavy atom. The molecule has 0 aliphatic heterocycles. The summed E-state index contributed by atoms with van der Waals surface area (Å²) in [5, 5.41) is 8.46. The predicted octanol–water partition coefficient (Wildman–Crippen LogP) is 2.56. The van der Waals surface area contributed by atoms with Crippen molar-refractivity contribution in [2.75, 3.05) is 5.88 Å². The van der Waals surface area contributed by atoms with E-state index in [1.807, 2.05) is 6.92 Å². The van der Waals surface area contributed by atoms with Gasteiger partial charge < -0.3 is 0 Å². The fourth-order valence-corrected chi connectivity index (χ4v) is 0.838. The Labute approximate surface area is 61.6 Å². The van der Waals surface area contributed by atoms with E-state index >= 15 is 0 Å². The highest BCUT2D eigenvalue weighted by atomic mass is 35.5. The summed E-state index contributed by atoms with van der Waals surface area (Å²) < 4.78 is 0. The van der Waals surface area contributed by atoms with Crippen LogP contribution in [-0.2, 0) is 0 Å². The molecule has 0 aromatic carbocycles. The van der Waals surface area contributed by atoms with Crippen LogP contribution in [0.25, 0.3) is 0 Å². The Bertz CT molecular complexity index is 95.6. The summed E-state index contributed by atoms with van der Waals surface area (Å²) in [4.78, 5) is 0. The number of rotatable bonds is 4. The van der Waals surface area contributed by atoms with Gasteiger partial charge in [-0.25, -0.2) is 0 Å². The van der Waals surface area contributed by atoms with Gasteiger partial charge in [-0.05, 0) is 19.3 Å². The molecule has 1 atom stereocenters. The highest BCUT2D eigenvalue weighted by Crippen LogP contribution is 2.09. The summed E-state index contributed by atoms with van der Waals surface area (Å²) in [5.41, 5.74) is 0. The minimum absolute atomic E-state index is 0.226. The number of halogens is 1. The first-order valence-corrected chi connectivity index (χ1v) is 3.84. The van der Waals surface area contributed by atoms with Crippen LogP contribution in [-0.4, -0.2) is 5.88 Å². The maximum absolute atomic E-state index is 8.46. The lowest BCUT2D eigenvalue weighted by Crippen LogP contribution is -1.94. The maximum Gasteiger partial charge on any atom is 0.0655 e. The number of nitriles is 1. The summed E-state index contributed by atoms with van der Waals surface area (Å²) in [6.45, 7) is 2.03. The van der Waals surface area contributed by atoms with E-state index in [1.54, 1.807) is 0 Å². The maximum atomic E-state index is 8.46. The fourth-order valence-electron chi connectivity index (χ4n) is 0.684. The van der Waals surface area contributed by atoms with E-state index in [0.29, 0.717) is 5.88 Å². The van der Waals surface area contributed by atoms with Crippen molar-refractivity contribution in [3.05, 3.63) is 0 Å². The molecular formula is C7H12ClN. The molecule has 0 aliphatic rings. The molecule has 0 aromatic rings. The minimum Gasteiger partial charge on any atom is -0.198 e. The van der Waals surface area contributed by atoms with Crippen molar-refractivity contribution >= 4 is 11.6 Å². The van der Waals surface area contributed by atoms with Crippen molar-refractivity contribution in [3.8, 4) is 6.07 Å². The Kier molecular flexibility index (Phi) is 5.76. The van der Waals surface area contributed by atoms with Crippen LogP contribution in [0.3, 0.4) is 0 Å². The summed E-state index contributed by atoms with van der Waals surface area (Å²) in [6, 6.07) is 2.23. The van der Waals surface area contributed by atoms with Crippen molar-refractivity contribution in [1.82, 2.24) is 0 Å². The van der Waals surface area contributed by atoms with Gasteiger partial charge in [0.25, 0.3) is 0 Å². The molecule has 0 saturated carbocycles. The van der Waals surface area contributed by atoms with E-state index in [1.165, 1.54) is 0 Å². The molecule has 2 heteroatoms. The van der Waals surface area contributed by atoms with Gasteiger partial charge in [0.05, 0.1) is 6.07 Å². The van der Waals surface area contributed by atoms with Crippen LogP contribution in [0.15, 0.2) is 0 Å². The van der Waals surface area contributed by atoms with E-state index in [2.05, 4.69) is 6.07 Å². The third-order valence-electron chi connectivity index (χ3n) is 1.36. The Morgan fingerprint density at radius 1 is 1.67 bits per heavy atom. The van der Waals surface area contributed by atoms with Crippen LogP contribution < -0.4 is 0 Å².